The number of carbonyl (C=O) groups is 1. The third-order valence-corrected chi connectivity index (χ3v) is 2.84. The molecule has 0 saturated heterocycles. The van der Waals surface area contributed by atoms with Gasteiger partial charge in [-0.05, 0) is 36.8 Å². The van der Waals surface area contributed by atoms with Crippen LogP contribution in [0.15, 0.2) is 30.3 Å². The first-order chi connectivity index (χ1) is 8.97. The number of nitrogens with two attached hydrogens (primary N) is 1. The van der Waals surface area contributed by atoms with E-state index in [1.165, 1.54) is 24.3 Å². The lowest BCUT2D eigenvalue weighted by Crippen LogP contribution is -2.16. The van der Waals surface area contributed by atoms with E-state index in [0.29, 0.717) is 5.69 Å². The van der Waals surface area contributed by atoms with Gasteiger partial charge in [0, 0.05) is 5.69 Å². The van der Waals surface area contributed by atoms with Gasteiger partial charge in [-0.1, -0.05) is 17.7 Å². The zero-order valence-electron chi connectivity index (χ0n) is 10.1. The molecule has 98 valence electrons. The molecule has 6 heteroatoms. The molecule has 0 spiro atoms. The topological polar surface area (TPSA) is 68.0 Å². The summed E-state index contributed by atoms with van der Waals surface area (Å²) in [5, 5.41) is 2.74. The van der Waals surface area contributed by atoms with E-state index in [1.54, 1.807) is 13.0 Å². The quantitative estimate of drug-likeness (QED) is 0.888. The van der Waals surface area contributed by atoms with Crippen molar-refractivity contribution < 1.29 is 9.18 Å². The molecule has 2 aromatic rings. The minimum atomic E-state index is -0.536. The minimum absolute atomic E-state index is 0.00493. The average Bonchev–Trinajstić information content (AvgIpc) is 2.36. The summed E-state index contributed by atoms with van der Waals surface area (Å²) in [7, 11) is 0. The van der Waals surface area contributed by atoms with Crippen LogP contribution < -0.4 is 11.1 Å². The molecular weight excluding hydrogens is 269 g/mol. The van der Waals surface area contributed by atoms with Crippen molar-refractivity contribution in [3.63, 3.8) is 0 Å². The fourth-order valence-electron chi connectivity index (χ4n) is 1.53. The number of rotatable bonds is 2. The second kappa shape index (κ2) is 5.24. The maximum Gasteiger partial charge on any atom is 0.275 e. The zero-order valence-corrected chi connectivity index (χ0v) is 10.8. The third-order valence-electron chi connectivity index (χ3n) is 2.53. The number of hydrogen-bond donors (Lipinski definition) is 2. The van der Waals surface area contributed by atoms with E-state index >= 15 is 0 Å². The number of amides is 1. The number of carbonyl (C=O) groups excluding carboxylic acids is 1. The predicted molar refractivity (Wildman–Crippen MR) is 72.7 cm³/mol. The van der Waals surface area contributed by atoms with Crippen LogP contribution in [0.3, 0.4) is 0 Å². The summed E-state index contributed by atoms with van der Waals surface area (Å²) in [5.41, 5.74) is 6.61. The fourth-order valence-corrected chi connectivity index (χ4v) is 1.72. The van der Waals surface area contributed by atoms with E-state index in [2.05, 4.69) is 10.3 Å². The Morgan fingerprint density at radius 1 is 1.37 bits per heavy atom. The molecule has 0 aliphatic rings. The number of nitrogens with one attached hydrogen (secondary N) is 1. The van der Waals surface area contributed by atoms with Crippen molar-refractivity contribution >= 4 is 29.0 Å². The largest absolute Gasteiger partial charge is 0.384 e. The molecule has 1 heterocycles. The zero-order chi connectivity index (χ0) is 14.0. The van der Waals surface area contributed by atoms with Crippen molar-refractivity contribution in [2.24, 2.45) is 0 Å². The molecule has 0 bridgehead atoms. The SMILES string of the molecule is Cc1ccc(F)cc1NC(=O)c1nc(N)ccc1Cl. The predicted octanol–water partition coefficient (Wildman–Crippen LogP) is 3.02. The summed E-state index contributed by atoms with van der Waals surface area (Å²) >= 11 is 5.88. The highest BCUT2D eigenvalue weighted by Gasteiger charge is 2.14. The number of aryl methyl sites for hydroxylation is 1. The molecule has 2 rings (SSSR count). The summed E-state index contributed by atoms with van der Waals surface area (Å²) in [6, 6.07) is 7.09. The molecule has 19 heavy (non-hydrogen) atoms. The van der Waals surface area contributed by atoms with Crippen molar-refractivity contribution in [1.82, 2.24) is 4.98 Å². The van der Waals surface area contributed by atoms with Gasteiger partial charge < -0.3 is 11.1 Å². The molecule has 3 N–H and O–H groups in total. The normalized spacial score (nSPS) is 10.3. The van der Waals surface area contributed by atoms with Crippen molar-refractivity contribution in [2.45, 2.75) is 6.92 Å². The number of pyridine rings is 1. The third kappa shape index (κ3) is 3.00. The van der Waals surface area contributed by atoms with Crippen molar-refractivity contribution in [3.8, 4) is 0 Å². The molecule has 1 amide bonds. The van der Waals surface area contributed by atoms with E-state index in [0.717, 1.165) is 5.56 Å². The smallest absolute Gasteiger partial charge is 0.275 e. The molecular formula is C13H11ClFN3O. The van der Waals surface area contributed by atoms with Gasteiger partial charge in [0.1, 0.15) is 17.3 Å². The molecule has 0 aliphatic heterocycles. The number of benzene rings is 1. The van der Waals surface area contributed by atoms with Crippen LogP contribution in [-0.4, -0.2) is 10.9 Å². The Bertz CT molecular complexity index is 646. The Labute approximate surface area is 114 Å². The van der Waals surface area contributed by atoms with Crippen LogP contribution in [0.5, 0.6) is 0 Å². The van der Waals surface area contributed by atoms with Gasteiger partial charge in [0.25, 0.3) is 5.91 Å². The first-order valence-corrected chi connectivity index (χ1v) is 5.84. The number of nitrogen functional groups attached to an aromatic ring is 1. The molecule has 0 fully saturated rings. The first kappa shape index (κ1) is 13.3. The first-order valence-electron chi connectivity index (χ1n) is 5.47. The Hall–Kier alpha value is -2.14. The number of halogens is 2. The summed E-state index contributed by atoms with van der Waals surface area (Å²) in [6.07, 6.45) is 0. The van der Waals surface area contributed by atoms with Gasteiger partial charge in [-0.3, -0.25) is 4.79 Å². The van der Waals surface area contributed by atoms with Crippen LogP contribution >= 0.6 is 11.6 Å². The standard InChI is InChI=1S/C13H11ClFN3O/c1-7-2-3-8(15)6-10(7)17-13(19)12-9(14)4-5-11(16)18-12/h2-6H,1H3,(H2,16,18)(H,17,19). The van der Waals surface area contributed by atoms with E-state index in [-0.39, 0.29) is 16.5 Å². The van der Waals surface area contributed by atoms with Gasteiger partial charge >= 0.3 is 0 Å². The molecule has 0 aliphatic carbocycles. The van der Waals surface area contributed by atoms with Crippen molar-refractivity contribution in [2.75, 3.05) is 11.1 Å². The van der Waals surface area contributed by atoms with Gasteiger partial charge in [-0.2, -0.15) is 0 Å². The van der Waals surface area contributed by atoms with Crippen molar-refractivity contribution in [3.05, 3.63) is 52.4 Å². The van der Waals surface area contributed by atoms with Gasteiger partial charge in [-0.25, -0.2) is 9.37 Å². The minimum Gasteiger partial charge on any atom is -0.384 e. The summed E-state index contributed by atoms with van der Waals surface area (Å²) in [5.74, 6) is -0.788. The van der Waals surface area contributed by atoms with Gasteiger partial charge in [-0.15, -0.1) is 0 Å². The Morgan fingerprint density at radius 2 is 2.11 bits per heavy atom. The van der Waals surface area contributed by atoms with Crippen LogP contribution in [0.1, 0.15) is 16.1 Å². The van der Waals surface area contributed by atoms with Crippen LogP contribution in [0, 0.1) is 12.7 Å². The van der Waals surface area contributed by atoms with Crippen LogP contribution in [-0.2, 0) is 0 Å². The molecule has 0 atom stereocenters. The summed E-state index contributed by atoms with van der Waals surface area (Å²) in [4.78, 5) is 15.9. The molecule has 0 saturated carbocycles. The van der Waals surface area contributed by atoms with Crippen LogP contribution in [0.25, 0.3) is 0 Å². The van der Waals surface area contributed by atoms with Crippen molar-refractivity contribution in [1.29, 1.82) is 0 Å². The average molecular weight is 280 g/mol. The van der Waals surface area contributed by atoms with E-state index in [9.17, 15) is 9.18 Å². The Kier molecular flexibility index (Phi) is 3.66. The molecule has 0 unspecified atom stereocenters. The molecule has 0 radical (unpaired) electrons. The Morgan fingerprint density at radius 3 is 2.84 bits per heavy atom. The lowest BCUT2D eigenvalue weighted by molar-refractivity contribution is 0.102. The highest BCUT2D eigenvalue weighted by molar-refractivity contribution is 6.34. The number of hydrogen-bond acceptors (Lipinski definition) is 3. The Balaban J connectivity index is 2.30. The highest BCUT2D eigenvalue weighted by atomic mass is 35.5. The number of aromatic nitrogens is 1. The maximum atomic E-state index is 13.1. The molecule has 1 aromatic heterocycles. The highest BCUT2D eigenvalue weighted by Crippen LogP contribution is 2.20. The summed E-state index contributed by atoms with van der Waals surface area (Å²) in [6.45, 7) is 1.75. The van der Waals surface area contributed by atoms with Gasteiger partial charge in [0.2, 0.25) is 0 Å². The van der Waals surface area contributed by atoms with Crippen LogP contribution in [0.2, 0.25) is 5.02 Å². The number of anilines is 2. The molecule has 4 nitrogen and oxygen atoms in total. The lowest BCUT2D eigenvalue weighted by Gasteiger charge is -2.09. The number of nitrogens with zero attached hydrogens (tertiary/aromatic N) is 1. The lowest BCUT2D eigenvalue weighted by atomic mass is 10.2. The second-order valence-electron chi connectivity index (χ2n) is 3.98. The summed E-state index contributed by atoms with van der Waals surface area (Å²) < 4.78 is 13.1. The van der Waals surface area contributed by atoms with E-state index in [1.807, 2.05) is 0 Å². The molecule has 1 aromatic carbocycles. The van der Waals surface area contributed by atoms with E-state index in [4.69, 9.17) is 17.3 Å². The van der Waals surface area contributed by atoms with Gasteiger partial charge in [0.15, 0.2) is 0 Å². The van der Waals surface area contributed by atoms with E-state index < -0.39 is 11.7 Å². The van der Waals surface area contributed by atoms with Crippen LogP contribution in [0.4, 0.5) is 15.9 Å². The fraction of sp³-hybridized carbons (Fsp3) is 0.0769. The monoisotopic (exact) mass is 279 g/mol. The van der Waals surface area contributed by atoms with Gasteiger partial charge in [0.05, 0.1) is 5.02 Å². The second-order valence-corrected chi connectivity index (χ2v) is 4.39. The maximum absolute atomic E-state index is 13.1.